The Labute approximate surface area is 746 Å². The van der Waals surface area contributed by atoms with Crippen LogP contribution >= 0.6 is 0 Å². The monoisotopic (exact) mass is 2000 g/mol. The first-order valence-electron chi connectivity index (χ1n) is 36.5. The van der Waals surface area contributed by atoms with Crippen molar-refractivity contribution in [2.75, 3.05) is 18.9 Å². The lowest BCUT2D eigenvalue weighted by Gasteiger charge is -2.19. The van der Waals surface area contributed by atoms with E-state index in [0.29, 0.717) is 72.8 Å². The zero-order valence-electron chi connectivity index (χ0n) is 65.3. The van der Waals surface area contributed by atoms with Crippen LogP contribution in [0.25, 0.3) is 10.8 Å². The van der Waals surface area contributed by atoms with Gasteiger partial charge in [-0.1, -0.05) is 146 Å². The topological polar surface area (TPSA) is 532 Å². The number of hydrogen-bond acceptors (Lipinski definition) is 32. The van der Waals surface area contributed by atoms with E-state index in [4.69, 9.17) is 33.5 Å². The second kappa shape index (κ2) is 36.1. The predicted molar refractivity (Wildman–Crippen MR) is 467 cm³/mol. The van der Waals surface area contributed by atoms with Gasteiger partial charge in [-0.2, -0.15) is 67.3 Å². The maximum atomic E-state index is 16.3. The second-order valence-corrected chi connectivity index (χ2v) is 46.0. The van der Waals surface area contributed by atoms with Gasteiger partial charge in [-0.15, -0.1) is 0 Å². The Morgan fingerprint density at radius 1 is 0.146 bits per heavy atom. The van der Waals surface area contributed by atoms with Gasteiger partial charge in [-0.25, -0.2) is 33.7 Å². The molecule has 0 bridgehead atoms. The summed E-state index contributed by atoms with van der Waals surface area (Å²) in [5, 5.41) is -2.72. The van der Waals surface area contributed by atoms with Gasteiger partial charge in [-0.05, 0) is 194 Å². The van der Waals surface area contributed by atoms with E-state index in [1.165, 1.54) is 146 Å². The molecule has 36 nitrogen and oxygen atoms in total. The van der Waals surface area contributed by atoms with Crippen LogP contribution in [-0.4, -0.2) is 101 Å². The fourth-order valence-electron chi connectivity index (χ4n) is 11.8. The number of fused-ring (bicyclic) bond motifs is 1. The summed E-state index contributed by atoms with van der Waals surface area (Å²) in [6.07, 6.45) is 0. The molecular weight excluding hydrogens is 1940 g/mol. The number of nitrogens with one attached hydrogen (secondary N) is 4. The third-order valence-corrected chi connectivity index (χ3v) is 32.9. The normalized spacial score (nSPS) is 12.6. The first-order valence-corrected chi connectivity index (χ1v) is 53.7. The van der Waals surface area contributed by atoms with Gasteiger partial charge >= 0.3 is 80.9 Å². The van der Waals surface area contributed by atoms with Gasteiger partial charge in [0.2, 0.25) is 0 Å². The lowest BCUT2D eigenvalue weighted by Crippen LogP contribution is -2.21. The summed E-state index contributed by atoms with van der Waals surface area (Å²) in [4.78, 5) is -16.0. The Hall–Kier alpha value is -13.7. The van der Waals surface area contributed by atoms with Crippen molar-refractivity contribution in [1.29, 1.82) is 0 Å². The molecular formula is C82H60N4O32S12. The molecule has 0 spiro atoms. The summed E-state index contributed by atoms with van der Waals surface area (Å²) in [5.74, 6) is -3.24. The molecule has 672 valence electrons. The third-order valence-electron chi connectivity index (χ3n) is 17.6. The number of rotatable bonds is 36. The number of hydrogen-bond donors (Lipinski definition) is 4. The summed E-state index contributed by atoms with van der Waals surface area (Å²) in [6.45, 7) is 0. The quantitative estimate of drug-likeness (QED) is 0.0265. The number of benzene rings is 14. The van der Waals surface area contributed by atoms with Crippen molar-refractivity contribution in [3.05, 3.63) is 340 Å². The van der Waals surface area contributed by atoms with E-state index in [1.54, 1.807) is 0 Å². The van der Waals surface area contributed by atoms with Gasteiger partial charge in [0, 0.05) is 10.8 Å². The Balaban J connectivity index is 1.03. The van der Waals surface area contributed by atoms with Crippen LogP contribution in [0.2, 0.25) is 0 Å². The van der Waals surface area contributed by atoms with E-state index < -0.39 is 259 Å². The molecule has 0 aliphatic rings. The molecule has 0 aliphatic carbocycles. The van der Waals surface area contributed by atoms with Crippen LogP contribution in [0.4, 0.5) is 22.7 Å². The highest BCUT2D eigenvalue weighted by Crippen LogP contribution is 2.41. The fraction of sp³-hybridized carbons (Fsp3) is 0. The molecule has 0 aliphatic heterocycles. The van der Waals surface area contributed by atoms with Gasteiger partial charge in [-0.3, -0.25) is 18.9 Å². The summed E-state index contributed by atoms with van der Waals surface area (Å²) in [6, 6.07) is 57.4. The molecule has 130 heavy (non-hydrogen) atoms. The van der Waals surface area contributed by atoms with Crippen molar-refractivity contribution in [3.63, 3.8) is 0 Å². The van der Waals surface area contributed by atoms with Crippen molar-refractivity contribution in [1.82, 2.24) is 0 Å². The molecule has 14 aromatic carbocycles. The molecule has 0 amide bonds. The average molecular weight is 2000 g/mol. The van der Waals surface area contributed by atoms with E-state index in [0.717, 1.165) is 97.1 Å². The van der Waals surface area contributed by atoms with E-state index in [9.17, 15) is 67.3 Å². The Morgan fingerprint density at radius 3 is 0.431 bits per heavy atom. The van der Waals surface area contributed by atoms with Crippen LogP contribution in [0.15, 0.2) is 398 Å². The molecule has 0 saturated heterocycles. The lowest BCUT2D eigenvalue weighted by molar-refractivity contribution is 0.480. The van der Waals surface area contributed by atoms with Crippen molar-refractivity contribution < 1.29 is 134 Å². The Morgan fingerprint density at radius 2 is 0.285 bits per heavy atom. The fourth-order valence-corrected chi connectivity index (χ4v) is 25.0. The smallest absolute Gasteiger partial charge is 0.339 e. The minimum Gasteiger partial charge on any atom is -0.379 e. The van der Waals surface area contributed by atoms with Crippen LogP contribution in [0.5, 0.6) is 46.0 Å². The number of para-hydroxylation sites is 8. The summed E-state index contributed by atoms with van der Waals surface area (Å²) in [5.41, 5.74) is -4.54. The van der Waals surface area contributed by atoms with Crippen LogP contribution in [0, 0.1) is 0 Å². The van der Waals surface area contributed by atoms with Crippen molar-refractivity contribution in [3.8, 4) is 46.0 Å². The number of sulfonamides is 4. The van der Waals surface area contributed by atoms with Gasteiger partial charge < -0.3 is 33.5 Å². The van der Waals surface area contributed by atoms with Crippen LogP contribution in [0.1, 0.15) is 0 Å². The molecule has 0 atom stereocenters. The molecule has 4 N–H and O–H groups in total. The minimum absolute atomic E-state index is 0.126. The first-order chi connectivity index (χ1) is 61.2. The predicted octanol–water partition coefficient (Wildman–Crippen LogP) is 12.2. The zero-order valence-corrected chi connectivity index (χ0v) is 75.1. The third kappa shape index (κ3) is 22.0. The van der Waals surface area contributed by atoms with E-state index >= 15 is 33.7 Å². The molecule has 0 aromatic heterocycles. The second-order valence-electron chi connectivity index (χ2n) is 26.9. The molecule has 0 saturated carbocycles. The van der Waals surface area contributed by atoms with Gasteiger partial charge in [0.1, 0.15) is 85.2 Å². The first kappa shape index (κ1) is 92.5. The highest BCUT2D eigenvalue weighted by atomic mass is 32.3. The molecule has 14 aromatic rings. The SMILES string of the molecule is O=S(=O)(Nc1cc(S(=O)(=O)Oc2ccccc2)cc(S(=O)(=O)Oc2ccccc2)c1)c1cc(S(=O)(=O)Nc2cc(S(=O)(=O)Oc3ccccc3)cc(S(=O)(=O)Oc3ccccc3)c2)c2cc(S(=O)(=O)Nc3cc(S(=O)(=O)Oc4ccccc4)cc(S(=O)(=O)Oc4ccccc4)c3)cc(S(=O)(=O)Nc3cc(S(=O)(=O)Oc4ccccc4)cc(S(=O)(=O)Oc4ccccc4)c3)c2c1. The van der Waals surface area contributed by atoms with Crippen molar-refractivity contribution in [2.45, 2.75) is 58.7 Å². The Kier molecular flexibility index (Phi) is 25.7. The van der Waals surface area contributed by atoms with E-state index in [2.05, 4.69) is 0 Å². The molecule has 0 fully saturated rings. The van der Waals surface area contributed by atoms with Crippen molar-refractivity contribution in [2.24, 2.45) is 0 Å². The molecule has 48 heteroatoms. The lowest BCUT2D eigenvalue weighted by atomic mass is 10.1. The number of anilines is 4. The maximum absolute atomic E-state index is 16.3. The van der Waals surface area contributed by atoms with Crippen LogP contribution in [0.3, 0.4) is 0 Å². The summed E-state index contributed by atoms with van der Waals surface area (Å²) >= 11 is 0. The summed E-state index contributed by atoms with van der Waals surface area (Å²) in [7, 11) is -67.4. The van der Waals surface area contributed by atoms with Crippen LogP contribution in [-0.2, 0) is 121 Å². The average Bonchev–Trinajstić information content (AvgIpc) is 0.724. The van der Waals surface area contributed by atoms with Gasteiger partial charge in [0.05, 0.1) is 42.3 Å². The summed E-state index contributed by atoms with van der Waals surface area (Å²) < 4.78 is 409. The van der Waals surface area contributed by atoms with Gasteiger partial charge in [0.25, 0.3) is 40.1 Å². The molecule has 0 heterocycles. The highest BCUT2D eigenvalue weighted by molar-refractivity contribution is 7.95. The van der Waals surface area contributed by atoms with E-state index in [-0.39, 0.29) is 24.3 Å². The Bertz CT molecular complexity index is 7410. The highest BCUT2D eigenvalue weighted by Gasteiger charge is 2.37. The zero-order chi connectivity index (χ0) is 93.1. The van der Waals surface area contributed by atoms with Gasteiger partial charge in [0.15, 0.2) is 0 Å². The maximum Gasteiger partial charge on any atom is 0.339 e. The standard InChI is InChI=1S/C82H60N4O32S12/c87-119(88,83-57-41-71(123(95,96)111-61-25-9-1-10-26-61)49-72(42-57)124(97,98)112-62-27-11-2-12-28-62)69-53-79-80(81(55-69)121(91,92)85-59-45-75(127(103,104)115-65-33-17-5-18-34-65)51-76(46-59)128(105,106)116-66-35-19-6-20-36-66)54-70(120(89,90)84-58-43-73(125(99,100)113-63-29-13-3-14-30-63)50-74(44-58)126(101,102)114-64-31-15-4-16-32-64)56-82(79)122(93,94)86-60-47-77(129(107,108)117-67-37-21-7-22-38-67)52-78(48-60)130(109,110)118-68-39-23-8-24-40-68/h1-56,83-86H. The van der Waals surface area contributed by atoms with E-state index in [1.807, 2.05) is 18.9 Å². The molecule has 0 unspecified atom stereocenters. The van der Waals surface area contributed by atoms with Crippen molar-refractivity contribution >= 4 is 155 Å². The molecule has 0 radical (unpaired) electrons. The largest absolute Gasteiger partial charge is 0.379 e. The molecule has 14 rings (SSSR count). The minimum atomic E-state index is -6.24. The van der Waals surface area contributed by atoms with Crippen LogP contribution < -0.4 is 52.4 Å².